The van der Waals surface area contributed by atoms with Crippen molar-refractivity contribution in [1.29, 1.82) is 0 Å². The molecule has 0 aromatic carbocycles. The van der Waals surface area contributed by atoms with Crippen LogP contribution in [0.15, 0.2) is 0 Å². The number of hydrogen-bond donors (Lipinski definition) is 1. The third kappa shape index (κ3) is 2.71. The van der Waals surface area contributed by atoms with Crippen LogP contribution >= 0.6 is 0 Å². The van der Waals surface area contributed by atoms with Gasteiger partial charge in [0.1, 0.15) is 0 Å². The van der Waals surface area contributed by atoms with E-state index in [0.717, 1.165) is 13.1 Å². The molecule has 2 atom stereocenters. The molecule has 1 saturated heterocycles. The number of likely N-dealkylation sites (N-methyl/N-ethyl adjacent to an activating group) is 2. The smallest absolute Gasteiger partial charge is 0.0458 e. The van der Waals surface area contributed by atoms with Gasteiger partial charge in [0.05, 0.1) is 0 Å². The summed E-state index contributed by atoms with van der Waals surface area (Å²) in [6, 6.07) is 0.625. The lowest BCUT2D eigenvalue weighted by molar-refractivity contribution is 0.0191. The lowest BCUT2D eigenvalue weighted by atomic mass is 9.86. The van der Waals surface area contributed by atoms with Gasteiger partial charge in [-0.2, -0.15) is 0 Å². The fourth-order valence-electron chi connectivity index (χ4n) is 2.68. The van der Waals surface area contributed by atoms with Gasteiger partial charge in [0, 0.05) is 24.7 Å². The molecule has 1 aliphatic rings. The zero-order valence-electron chi connectivity index (χ0n) is 10.8. The van der Waals surface area contributed by atoms with Crippen molar-refractivity contribution in [2.45, 2.75) is 44.7 Å². The summed E-state index contributed by atoms with van der Waals surface area (Å²) in [7, 11) is 4.44. The highest BCUT2D eigenvalue weighted by atomic mass is 15.3. The molecule has 3 heteroatoms. The Labute approximate surface area is 94.6 Å². The summed E-state index contributed by atoms with van der Waals surface area (Å²) < 4.78 is 0. The van der Waals surface area contributed by atoms with Gasteiger partial charge < -0.3 is 10.6 Å². The van der Waals surface area contributed by atoms with Crippen molar-refractivity contribution < 1.29 is 0 Å². The van der Waals surface area contributed by atoms with E-state index in [2.05, 4.69) is 37.7 Å². The maximum Gasteiger partial charge on any atom is 0.0458 e. The van der Waals surface area contributed by atoms with Crippen molar-refractivity contribution in [3.63, 3.8) is 0 Å². The van der Waals surface area contributed by atoms with Crippen LogP contribution in [0.25, 0.3) is 0 Å². The van der Waals surface area contributed by atoms with Gasteiger partial charge in [0.15, 0.2) is 0 Å². The number of hydrogen-bond acceptors (Lipinski definition) is 3. The first-order valence-corrected chi connectivity index (χ1v) is 6.17. The predicted octanol–water partition coefficient (Wildman–Crippen LogP) is 1.14. The van der Waals surface area contributed by atoms with Crippen LogP contribution < -0.4 is 5.73 Å². The molecule has 0 spiro atoms. The number of piperidine rings is 1. The number of likely N-dealkylation sites (tertiary alicyclic amines) is 1. The van der Waals surface area contributed by atoms with Crippen molar-refractivity contribution in [3.05, 3.63) is 0 Å². The maximum absolute atomic E-state index is 6.03. The Balaban J connectivity index is 2.74. The molecule has 0 radical (unpaired) electrons. The highest BCUT2D eigenvalue weighted by molar-refractivity contribution is 4.97. The summed E-state index contributed by atoms with van der Waals surface area (Å²) in [5.41, 5.74) is 6.24. The average molecular weight is 213 g/mol. The second-order valence-corrected chi connectivity index (χ2v) is 5.14. The molecule has 1 aliphatic heterocycles. The van der Waals surface area contributed by atoms with E-state index < -0.39 is 0 Å². The van der Waals surface area contributed by atoms with Gasteiger partial charge >= 0.3 is 0 Å². The van der Waals surface area contributed by atoms with Gasteiger partial charge in [-0.25, -0.2) is 0 Å². The van der Waals surface area contributed by atoms with E-state index in [0.29, 0.717) is 6.04 Å². The van der Waals surface area contributed by atoms with Gasteiger partial charge in [-0.05, 0) is 46.8 Å². The van der Waals surface area contributed by atoms with Crippen LogP contribution in [0, 0.1) is 0 Å². The van der Waals surface area contributed by atoms with Gasteiger partial charge in [-0.1, -0.05) is 6.92 Å². The predicted molar refractivity (Wildman–Crippen MR) is 66.0 cm³/mol. The zero-order valence-corrected chi connectivity index (χ0v) is 10.8. The van der Waals surface area contributed by atoms with Crippen LogP contribution in [-0.4, -0.2) is 55.1 Å². The molecule has 0 bridgehead atoms. The molecule has 15 heavy (non-hydrogen) atoms. The van der Waals surface area contributed by atoms with Crippen molar-refractivity contribution in [1.82, 2.24) is 9.80 Å². The van der Waals surface area contributed by atoms with E-state index in [1.165, 1.54) is 25.8 Å². The van der Waals surface area contributed by atoms with Gasteiger partial charge in [0.2, 0.25) is 0 Å². The first-order valence-electron chi connectivity index (χ1n) is 6.17. The van der Waals surface area contributed by atoms with Gasteiger partial charge in [0.25, 0.3) is 0 Å². The van der Waals surface area contributed by atoms with Crippen LogP contribution in [0.3, 0.4) is 0 Å². The largest absolute Gasteiger partial charge is 0.329 e. The Morgan fingerprint density at radius 1 is 1.53 bits per heavy atom. The third-order valence-electron chi connectivity index (χ3n) is 4.13. The molecule has 2 unspecified atom stereocenters. The normalized spacial score (nSPS) is 30.8. The van der Waals surface area contributed by atoms with Crippen LogP contribution in [0.1, 0.15) is 33.1 Å². The minimum absolute atomic E-state index is 0.211. The molecule has 0 saturated carbocycles. The minimum atomic E-state index is 0.211. The lowest BCUT2D eigenvalue weighted by Crippen LogP contribution is -2.62. The monoisotopic (exact) mass is 213 g/mol. The summed E-state index contributed by atoms with van der Waals surface area (Å²) in [5.74, 6) is 0. The molecule has 1 fully saturated rings. The molecule has 0 amide bonds. The average Bonchev–Trinajstić information content (AvgIpc) is 2.26. The first-order chi connectivity index (χ1) is 7.05. The van der Waals surface area contributed by atoms with E-state index in [1.807, 2.05) is 0 Å². The zero-order chi connectivity index (χ0) is 11.5. The lowest BCUT2D eigenvalue weighted by Gasteiger charge is -2.49. The Hall–Kier alpha value is -0.120. The molecule has 1 rings (SSSR count). The SMILES string of the molecule is CCC(C)N(C)C1(CN)CCCN(C)C1. The fourth-order valence-corrected chi connectivity index (χ4v) is 2.68. The fraction of sp³-hybridized carbons (Fsp3) is 1.00. The van der Waals surface area contributed by atoms with Crippen LogP contribution in [-0.2, 0) is 0 Å². The molecule has 0 aromatic heterocycles. The van der Waals surface area contributed by atoms with Crippen molar-refractivity contribution in [3.8, 4) is 0 Å². The summed E-state index contributed by atoms with van der Waals surface area (Å²) >= 11 is 0. The Morgan fingerprint density at radius 2 is 2.20 bits per heavy atom. The van der Waals surface area contributed by atoms with E-state index in [1.54, 1.807) is 0 Å². The van der Waals surface area contributed by atoms with E-state index in [4.69, 9.17) is 5.73 Å². The Morgan fingerprint density at radius 3 is 2.67 bits per heavy atom. The Bertz CT molecular complexity index is 195. The molecular weight excluding hydrogens is 186 g/mol. The molecular formula is C12H27N3. The summed E-state index contributed by atoms with van der Waals surface area (Å²) in [6.07, 6.45) is 3.71. The molecule has 2 N–H and O–H groups in total. The third-order valence-corrected chi connectivity index (χ3v) is 4.13. The van der Waals surface area contributed by atoms with E-state index in [-0.39, 0.29) is 5.54 Å². The topological polar surface area (TPSA) is 32.5 Å². The van der Waals surface area contributed by atoms with Gasteiger partial charge in [-0.3, -0.25) is 4.90 Å². The second-order valence-electron chi connectivity index (χ2n) is 5.14. The van der Waals surface area contributed by atoms with Crippen molar-refractivity contribution >= 4 is 0 Å². The number of nitrogens with two attached hydrogens (primary N) is 1. The molecule has 90 valence electrons. The van der Waals surface area contributed by atoms with E-state index in [9.17, 15) is 0 Å². The van der Waals surface area contributed by atoms with Gasteiger partial charge in [-0.15, -0.1) is 0 Å². The first kappa shape index (κ1) is 12.9. The number of nitrogens with zero attached hydrogens (tertiary/aromatic N) is 2. The maximum atomic E-state index is 6.03. The van der Waals surface area contributed by atoms with Crippen LogP contribution in [0.4, 0.5) is 0 Å². The highest BCUT2D eigenvalue weighted by Crippen LogP contribution is 2.27. The highest BCUT2D eigenvalue weighted by Gasteiger charge is 2.38. The molecule has 1 heterocycles. The summed E-state index contributed by atoms with van der Waals surface area (Å²) in [5, 5.41) is 0. The molecule has 0 aromatic rings. The standard InChI is InChI=1S/C12H27N3/c1-5-11(2)15(4)12(9-13)7-6-8-14(3)10-12/h11H,5-10,13H2,1-4H3. The molecule has 3 nitrogen and oxygen atoms in total. The molecule has 0 aliphatic carbocycles. The summed E-state index contributed by atoms with van der Waals surface area (Å²) in [4.78, 5) is 4.91. The van der Waals surface area contributed by atoms with E-state index >= 15 is 0 Å². The van der Waals surface area contributed by atoms with Crippen LogP contribution in [0.5, 0.6) is 0 Å². The second kappa shape index (κ2) is 5.28. The summed E-state index contributed by atoms with van der Waals surface area (Å²) in [6.45, 7) is 7.66. The van der Waals surface area contributed by atoms with Crippen molar-refractivity contribution in [2.75, 3.05) is 33.7 Å². The van der Waals surface area contributed by atoms with Crippen molar-refractivity contribution in [2.24, 2.45) is 5.73 Å². The quantitative estimate of drug-likeness (QED) is 0.760. The Kier molecular flexibility index (Phi) is 4.56. The van der Waals surface area contributed by atoms with Crippen LogP contribution in [0.2, 0.25) is 0 Å². The number of rotatable bonds is 4. The minimum Gasteiger partial charge on any atom is -0.329 e.